The Bertz CT molecular complexity index is 1260. The molecule has 1 aliphatic rings. The minimum absolute atomic E-state index is 0.0736. The number of methoxy groups -OCH3 is 1. The predicted molar refractivity (Wildman–Crippen MR) is 118 cm³/mol. The van der Waals surface area contributed by atoms with Gasteiger partial charge in [0.2, 0.25) is 5.95 Å². The van der Waals surface area contributed by atoms with E-state index in [1.807, 2.05) is 19.1 Å². The van der Waals surface area contributed by atoms with Crippen molar-refractivity contribution in [2.45, 2.75) is 19.1 Å². The number of hydrogen-bond donors (Lipinski definition) is 3. The van der Waals surface area contributed by atoms with E-state index in [0.29, 0.717) is 17.0 Å². The van der Waals surface area contributed by atoms with Crippen molar-refractivity contribution in [3.05, 3.63) is 66.3 Å². The Labute approximate surface area is 191 Å². The Kier molecular flexibility index (Phi) is 6.07. The molecular formula is C22H19F3N6O3. The Morgan fingerprint density at radius 2 is 2.00 bits per heavy atom. The summed E-state index contributed by atoms with van der Waals surface area (Å²) in [6.45, 7) is 1.88. The zero-order valence-corrected chi connectivity index (χ0v) is 18.0. The second kappa shape index (κ2) is 8.98. The molecule has 4 rings (SSSR count). The summed E-state index contributed by atoms with van der Waals surface area (Å²) in [7, 11) is 1.53. The van der Waals surface area contributed by atoms with Crippen molar-refractivity contribution in [1.82, 2.24) is 20.4 Å². The molecule has 1 aliphatic heterocycles. The van der Waals surface area contributed by atoms with Gasteiger partial charge in [-0.1, -0.05) is 0 Å². The van der Waals surface area contributed by atoms with E-state index in [9.17, 15) is 23.1 Å². The number of aromatic carboxylic acids is 1. The van der Waals surface area contributed by atoms with E-state index in [4.69, 9.17) is 4.74 Å². The molecule has 0 bridgehead atoms. The van der Waals surface area contributed by atoms with Crippen LogP contribution < -0.4 is 20.5 Å². The molecule has 176 valence electrons. The van der Waals surface area contributed by atoms with Gasteiger partial charge in [0.1, 0.15) is 11.8 Å². The van der Waals surface area contributed by atoms with E-state index >= 15 is 0 Å². The van der Waals surface area contributed by atoms with Gasteiger partial charge in [0.15, 0.2) is 5.82 Å². The molecular weight excluding hydrogens is 453 g/mol. The van der Waals surface area contributed by atoms with Crippen LogP contribution in [0.15, 0.2) is 55.1 Å². The molecule has 3 aromatic rings. The highest BCUT2D eigenvalue weighted by molar-refractivity contribution is 5.89. The third-order valence-electron chi connectivity index (χ3n) is 4.89. The minimum Gasteiger partial charge on any atom is -0.497 e. The lowest BCUT2D eigenvalue weighted by Gasteiger charge is -2.23. The van der Waals surface area contributed by atoms with Crippen molar-refractivity contribution in [3.8, 4) is 16.9 Å². The molecule has 34 heavy (non-hydrogen) atoms. The number of aromatic nitrogens is 3. The van der Waals surface area contributed by atoms with Gasteiger partial charge in [0.25, 0.3) is 0 Å². The summed E-state index contributed by atoms with van der Waals surface area (Å²) >= 11 is 0. The number of benzene rings is 1. The molecule has 3 heterocycles. The van der Waals surface area contributed by atoms with Gasteiger partial charge in [-0.05, 0) is 36.8 Å². The zero-order valence-electron chi connectivity index (χ0n) is 18.0. The Balaban J connectivity index is 1.75. The number of carboxylic acid groups (broad SMARTS) is 1. The molecule has 0 fully saturated rings. The van der Waals surface area contributed by atoms with Crippen LogP contribution in [-0.4, -0.2) is 45.4 Å². The maximum absolute atomic E-state index is 13.2. The molecule has 9 nitrogen and oxygen atoms in total. The second-order valence-electron chi connectivity index (χ2n) is 7.42. The van der Waals surface area contributed by atoms with Gasteiger partial charge in [-0.15, -0.1) is 0 Å². The molecule has 0 aliphatic carbocycles. The highest BCUT2D eigenvalue weighted by atomic mass is 19.4. The lowest BCUT2D eigenvalue weighted by Crippen LogP contribution is -2.44. The van der Waals surface area contributed by atoms with Crippen LogP contribution >= 0.6 is 0 Å². The standard InChI is InChI=1S/C22H19F3N6O3/c1-12-5-15(8-16(6-12)34-2)28-21-27-11-17(13-7-14(20(32)33)10-26-9-13)19(29-21)31-4-3-18(30-31)22(23,24)25/h3-11,18,30H,1-2H3,(H,32,33)(H,27,28,29). The SMILES string of the molecule is COc1cc(C)cc(Nc2ncc(-c3cncc(C(=O)O)c3)c(N3C=CC(C(F)(F)F)N3)n2)c1. The normalized spacial score (nSPS) is 15.4. The number of carboxylic acids is 1. The average molecular weight is 472 g/mol. The molecule has 3 N–H and O–H groups in total. The van der Waals surface area contributed by atoms with E-state index < -0.39 is 18.2 Å². The van der Waals surface area contributed by atoms with Crippen LogP contribution in [0.2, 0.25) is 0 Å². The van der Waals surface area contributed by atoms with Crippen LogP contribution in [0.1, 0.15) is 15.9 Å². The monoisotopic (exact) mass is 472 g/mol. The number of ether oxygens (including phenoxy) is 1. The van der Waals surface area contributed by atoms with Crippen molar-refractivity contribution in [3.63, 3.8) is 0 Å². The minimum atomic E-state index is -4.51. The summed E-state index contributed by atoms with van der Waals surface area (Å²) in [4.78, 5) is 24.0. The number of aryl methyl sites for hydroxylation is 1. The first-order valence-corrected chi connectivity index (χ1v) is 9.93. The van der Waals surface area contributed by atoms with Gasteiger partial charge in [-0.2, -0.15) is 18.2 Å². The van der Waals surface area contributed by atoms with Gasteiger partial charge < -0.3 is 15.2 Å². The number of pyridine rings is 1. The number of nitrogens with zero attached hydrogens (tertiary/aromatic N) is 4. The van der Waals surface area contributed by atoms with Crippen LogP contribution in [-0.2, 0) is 0 Å². The van der Waals surface area contributed by atoms with Crippen LogP contribution in [0.25, 0.3) is 11.1 Å². The van der Waals surface area contributed by atoms with Gasteiger partial charge in [-0.25, -0.2) is 15.2 Å². The van der Waals surface area contributed by atoms with Crippen LogP contribution in [0, 0.1) is 6.92 Å². The first kappa shape index (κ1) is 23.0. The van der Waals surface area contributed by atoms with Crippen LogP contribution in [0.4, 0.5) is 30.6 Å². The molecule has 1 unspecified atom stereocenters. The number of halogens is 3. The molecule has 0 saturated carbocycles. The smallest absolute Gasteiger partial charge is 0.409 e. The first-order chi connectivity index (χ1) is 16.1. The molecule has 1 atom stereocenters. The highest BCUT2D eigenvalue weighted by Crippen LogP contribution is 2.33. The number of carbonyl (C=O) groups is 1. The van der Waals surface area contributed by atoms with E-state index in [2.05, 4.69) is 25.7 Å². The topological polar surface area (TPSA) is 112 Å². The number of hydrazine groups is 1. The first-order valence-electron chi connectivity index (χ1n) is 9.93. The number of alkyl halides is 3. The van der Waals surface area contributed by atoms with Crippen molar-refractivity contribution >= 4 is 23.4 Å². The lowest BCUT2D eigenvalue weighted by atomic mass is 10.1. The van der Waals surface area contributed by atoms with E-state index in [-0.39, 0.29) is 22.9 Å². The molecule has 0 amide bonds. The number of rotatable bonds is 6. The van der Waals surface area contributed by atoms with Gasteiger partial charge in [0.05, 0.1) is 12.7 Å². The lowest BCUT2D eigenvalue weighted by molar-refractivity contribution is -0.142. The summed E-state index contributed by atoms with van der Waals surface area (Å²) in [5, 5.41) is 13.4. The maximum Gasteiger partial charge on any atom is 0.409 e. The quantitative estimate of drug-likeness (QED) is 0.489. The largest absolute Gasteiger partial charge is 0.497 e. The molecule has 2 aromatic heterocycles. The Morgan fingerprint density at radius 1 is 1.21 bits per heavy atom. The van der Waals surface area contributed by atoms with E-state index in [0.717, 1.165) is 16.6 Å². The molecule has 0 saturated heterocycles. The van der Waals surface area contributed by atoms with Crippen molar-refractivity contribution < 1.29 is 27.8 Å². The van der Waals surface area contributed by atoms with E-state index in [1.54, 1.807) is 6.07 Å². The molecule has 1 aromatic carbocycles. The van der Waals surface area contributed by atoms with Gasteiger partial charge >= 0.3 is 12.1 Å². The summed E-state index contributed by atoms with van der Waals surface area (Å²) < 4.78 is 44.9. The predicted octanol–water partition coefficient (Wildman–Crippen LogP) is 4.07. The van der Waals surface area contributed by atoms with Crippen LogP contribution in [0.3, 0.4) is 0 Å². The Hall–Kier alpha value is -4.19. The summed E-state index contributed by atoms with van der Waals surface area (Å²) in [6, 6.07) is 4.82. The van der Waals surface area contributed by atoms with Gasteiger partial charge in [-0.3, -0.25) is 9.99 Å². The van der Waals surface area contributed by atoms with Crippen LogP contribution in [0.5, 0.6) is 5.75 Å². The Morgan fingerprint density at radius 3 is 2.68 bits per heavy atom. The fraction of sp³-hybridized carbons (Fsp3) is 0.182. The van der Waals surface area contributed by atoms with E-state index in [1.165, 1.54) is 38.0 Å². The fourth-order valence-electron chi connectivity index (χ4n) is 3.31. The van der Waals surface area contributed by atoms with Crippen molar-refractivity contribution in [2.24, 2.45) is 0 Å². The number of hydrogen-bond acceptors (Lipinski definition) is 8. The number of nitrogens with one attached hydrogen (secondary N) is 2. The van der Waals surface area contributed by atoms with Crippen molar-refractivity contribution in [2.75, 3.05) is 17.4 Å². The second-order valence-corrected chi connectivity index (χ2v) is 7.42. The highest BCUT2D eigenvalue weighted by Gasteiger charge is 2.41. The third kappa shape index (κ3) is 4.91. The third-order valence-corrected chi connectivity index (χ3v) is 4.89. The summed E-state index contributed by atoms with van der Waals surface area (Å²) in [5.41, 5.74) is 4.38. The molecule has 0 spiro atoms. The fourth-order valence-corrected chi connectivity index (χ4v) is 3.31. The maximum atomic E-state index is 13.2. The van der Waals surface area contributed by atoms with Gasteiger partial charge in [0, 0.05) is 47.7 Å². The summed E-state index contributed by atoms with van der Waals surface area (Å²) in [6.07, 6.45) is 1.59. The number of anilines is 3. The molecule has 12 heteroatoms. The summed E-state index contributed by atoms with van der Waals surface area (Å²) in [5.74, 6) is -0.406. The molecule has 0 radical (unpaired) electrons. The zero-order chi connectivity index (χ0) is 24.5. The van der Waals surface area contributed by atoms with Crippen molar-refractivity contribution in [1.29, 1.82) is 0 Å². The average Bonchev–Trinajstić information content (AvgIpc) is 3.29.